The van der Waals surface area contributed by atoms with Crippen LogP contribution in [0.5, 0.6) is 0 Å². The number of likely N-dealkylation sites (tertiary alicyclic amines) is 1. The highest BCUT2D eigenvalue weighted by molar-refractivity contribution is 6.04. The van der Waals surface area contributed by atoms with Gasteiger partial charge in [-0.25, -0.2) is 0 Å². The van der Waals surface area contributed by atoms with Gasteiger partial charge in [0.15, 0.2) is 0 Å². The number of hydrogen-bond acceptors (Lipinski definition) is 2. The lowest BCUT2D eigenvalue weighted by molar-refractivity contribution is 0.102. The van der Waals surface area contributed by atoms with E-state index in [2.05, 4.69) is 66.5 Å². The van der Waals surface area contributed by atoms with Gasteiger partial charge in [0.1, 0.15) is 0 Å². The third-order valence-electron chi connectivity index (χ3n) is 8.09. The molecule has 3 nitrogen and oxygen atoms in total. The first kappa shape index (κ1) is 22.9. The minimum absolute atomic E-state index is 0.0413. The molecule has 0 aromatic heterocycles. The van der Waals surface area contributed by atoms with Crippen molar-refractivity contribution in [3.05, 3.63) is 101 Å². The number of nitrogens with zero attached hydrogens (tertiary/aromatic N) is 1. The zero-order valence-electron chi connectivity index (χ0n) is 20.4. The summed E-state index contributed by atoms with van der Waals surface area (Å²) in [7, 11) is 0. The SMILES string of the molecule is Cc1cc(C(=O)Nc2ccccc2)ccc1C1CCC(N2CC[C@@H](c3ccccc3)[C@H](C)C2)C1. The first-order valence-electron chi connectivity index (χ1n) is 12.8. The van der Waals surface area contributed by atoms with E-state index in [4.69, 9.17) is 0 Å². The Kier molecular flexibility index (Phi) is 6.82. The fraction of sp³-hybridized carbons (Fsp3) is 0.387. The molecule has 1 N–H and O–H groups in total. The van der Waals surface area contributed by atoms with Crippen molar-refractivity contribution in [1.82, 2.24) is 4.90 Å². The summed E-state index contributed by atoms with van der Waals surface area (Å²) in [5.74, 6) is 1.93. The third-order valence-corrected chi connectivity index (χ3v) is 8.09. The van der Waals surface area contributed by atoms with Crippen LogP contribution in [0, 0.1) is 12.8 Å². The van der Waals surface area contributed by atoms with E-state index in [9.17, 15) is 4.79 Å². The quantitative estimate of drug-likeness (QED) is 0.452. The molecule has 3 aromatic rings. The summed E-state index contributed by atoms with van der Waals surface area (Å²) in [6.45, 7) is 7.00. The van der Waals surface area contributed by atoms with Gasteiger partial charge in [-0.15, -0.1) is 0 Å². The van der Waals surface area contributed by atoms with Crippen LogP contribution in [0.4, 0.5) is 5.69 Å². The van der Waals surface area contributed by atoms with Gasteiger partial charge in [0, 0.05) is 23.8 Å². The van der Waals surface area contributed by atoms with Crippen LogP contribution >= 0.6 is 0 Å². The number of hydrogen-bond donors (Lipinski definition) is 1. The average Bonchev–Trinajstić information content (AvgIpc) is 3.35. The van der Waals surface area contributed by atoms with E-state index in [-0.39, 0.29) is 5.91 Å². The summed E-state index contributed by atoms with van der Waals surface area (Å²) in [5, 5.41) is 3.00. The Labute approximate surface area is 204 Å². The molecule has 0 bridgehead atoms. The molecule has 1 saturated heterocycles. The smallest absolute Gasteiger partial charge is 0.255 e. The summed E-state index contributed by atoms with van der Waals surface area (Å²) in [4.78, 5) is 15.5. The molecule has 2 aliphatic rings. The van der Waals surface area contributed by atoms with Crippen LogP contribution in [0.25, 0.3) is 0 Å². The molecule has 2 fully saturated rings. The van der Waals surface area contributed by atoms with Gasteiger partial charge < -0.3 is 10.2 Å². The van der Waals surface area contributed by atoms with Crippen LogP contribution in [0.3, 0.4) is 0 Å². The monoisotopic (exact) mass is 452 g/mol. The van der Waals surface area contributed by atoms with E-state index in [1.807, 2.05) is 36.4 Å². The second-order valence-corrected chi connectivity index (χ2v) is 10.3. The predicted molar refractivity (Wildman–Crippen MR) is 140 cm³/mol. The molecular weight excluding hydrogens is 416 g/mol. The molecule has 1 heterocycles. The van der Waals surface area contributed by atoms with E-state index in [1.165, 1.54) is 55.5 Å². The molecule has 34 heavy (non-hydrogen) atoms. The Bertz CT molecular complexity index is 1110. The molecule has 3 heteroatoms. The van der Waals surface area contributed by atoms with Gasteiger partial charge in [0.25, 0.3) is 5.91 Å². The van der Waals surface area contributed by atoms with E-state index in [1.54, 1.807) is 0 Å². The van der Waals surface area contributed by atoms with E-state index in [0.29, 0.717) is 23.8 Å². The maximum atomic E-state index is 12.7. The van der Waals surface area contributed by atoms with Crippen molar-refractivity contribution in [2.24, 2.45) is 5.92 Å². The zero-order valence-corrected chi connectivity index (χ0v) is 20.4. The number of carbonyl (C=O) groups excluding carboxylic acids is 1. The molecule has 5 rings (SSSR count). The van der Waals surface area contributed by atoms with Gasteiger partial charge in [-0.1, -0.05) is 61.5 Å². The number of piperidine rings is 1. The second-order valence-electron chi connectivity index (χ2n) is 10.3. The summed E-state index contributed by atoms with van der Waals surface area (Å²) < 4.78 is 0. The maximum Gasteiger partial charge on any atom is 0.255 e. The Hall–Kier alpha value is -2.91. The first-order valence-corrected chi connectivity index (χ1v) is 12.8. The zero-order chi connectivity index (χ0) is 23.5. The van der Waals surface area contributed by atoms with E-state index >= 15 is 0 Å². The van der Waals surface area contributed by atoms with Gasteiger partial charge in [-0.3, -0.25) is 4.79 Å². The highest BCUT2D eigenvalue weighted by Crippen LogP contribution is 2.41. The number of para-hydroxylation sites is 1. The first-order chi connectivity index (χ1) is 16.6. The van der Waals surface area contributed by atoms with Crippen molar-refractivity contribution in [1.29, 1.82) is 0 Å². The molecule has 1 aliphatic carbocycles. The number of nitrogens with one attached hydrogen (secondary N) is 1. The van der Waals surface area contributed by atoms with Crippen LogP contribution in [0.1, 0.15) is 71.5 Å². The normalized spacial score (nSPS) is 25.2. The van der Waals surface area contributed by atoms with Crippen LogP contribution < -0.4 is 5.32 Å². The lowest BCUT2D eigenvalue weighted by Crippen LogP contribution is -2.43. The molecule has 0 spiro atoms. The van der Waals surface area contributed by atoms with Gasteiger partial charge in [0.05, 0.1) is 0 Å². The van der Waals surface area contributed by atoms with Crippen molar-refractivity contribution in [2.75, 3.05) is 18.4 Å². The number of anilines is 1. The lowest BCUT2D eigenvalue weighted by atomic mass is 9.81. The minimum Gasteiger partial charge on any atom is -0.322 e. The number of rotatable bonds is 5. The number of aryl methyl sites for hydroxylation is 1. The summed E-state index contributed by atoms with van der Waals surface area (Å²) in [5.41, 5.74) is 5.73. The number of amides is 1. The second kappa shape index (κ2) is 10.1. The minimum atomic E-state index is -0.0413. The molecule has 0 radical (unpaired) electrons. The fourth-order valence-corrected chi connectivity index (χ4v) is 6.28. The van der Waals surface area contributed by atoms with Gasteiger partial charge in [-0.2, -0.15) is 0 Å². The molecule has 3 aromatic carbocycles. The molecule has 2 unspecified atom stereocenters. The van der Waals surface area contributed by atoms with Crippen LogP contribution in [-0.2, 0) is 0 Å². The van der Waals surface area contributed by atoms with Crippen molar-refractivity contribution in [2.45, 2.75) is 57.4 Å². The van der Waals surface area contributed by atoms with Crippen molar-refractivity contribution >= 4 is 11.6 Å². The summed E-state index contributed by atoms with van der Waals surface area (Å²) >= 11 is 0. The molecule has 1 aliphatic heterocycles. The molecule has 176 valence electrons. The van der Waals surface area contributed by atoms with Gasteiger partial charge >= 0.3 is 0 Å². The Balaban J connectivity index is 1.20. The maximum absolute atomic E-state index is 12.7. The highest BCUT2D eigenvalue weighted by atomic mass is 16.1. The largest absolute Gasteiger partial charge is 0.322 e. The Morgan fingerprint density at radius 3 is 2.35 bits per heavy atom. The Morgan fingerprint density at radius 1 is 0.912 bits per heavy atom. The van der Waals surface area contributed by atoms with Crippen LogP contribution in [0.2, 0.25) is 0 Å². The predicted octanol–water partition coefficient (Wildman–Crippen LogP) is 7.01. The summed E-state index contributed by atoms with van der Waals surface area (Å²) in [6, 6.07) is 27.7. The Morgan fingerprint density at radius 2 is 1.65 bits per heavy atom. The molecule has 1 saturated carbocycles. The van der Waals surface area contributed by atoms with Crippen molar-refractivity contribution < 1.29 is 4.79 Å². The standard InChI is InChI=1S/C31H36N2O/c1-22-19-26(31(34)32-27-11-7-4-8-12-27)14-16-29(22)25-13-15-28(20-25)33-18-17-30(23(2)21-33)24-9-5-3-6-10-24/h3-12,14,16,19,23,25,28,30H,13,15,17-18,20-21H2,1-2H3,(H,32,34)/t23-,25?,28?,30-/m1/s1. The van der Waals surface area contributed by atoms with Crippen molar-refractivity contribution in [3.63, 3.8) is 0 Å². The van der Waals surface area contributed by atoms with E-state index in [0.717, 1.165) is 11.3 Å². The van der Waals surface area contributed by atoms with Crippen LogP contribution in [-0.4, -0.2) is 29.9 Å². The van der Waals surface area contributed by atoms with Gasteiger partial charge in [-0.05, 0) is 97.9 Å². The third kappa shape index (κ3) is 4.95. The van der Waals surface area contributed by atoms with Gasteiger partial charge in [0.2, 0.25) is 0 Å². The molecular formula is C31H36N2O. The topological polar surface area (TPSA) is 32.3 Å². The van der Waals surface area contributed by atoms with Crippen LogP contribution in [0.15, 0.2) is 78.9 Å². The number of benzene rings is 3. The number of carbonyl (C=O) groups is 1. The molecule has 1 amide bonds. The fourth-order valence-electron chi connectivity index (χ4n) is 6.28. The van der Waals surface area contributed by atoms with E-state index < -0.39 is 0 Å². The molecule has 4 atom stereocenters. The van der Waals surface area contributed by atoms with Crippen molar-refractivity contribution in [3.8, 4) is 0 Å². The summed E-state index contributed by atoms with van der Waals surface area (Å²) in [6.07, 6.45) is 5.02. The lowest BCUT2D eigenvalue weighted by Gasteiger charge is -2.40. The highest BCUT2D eigenvalue weighted by Gasteiger charge is 2.35. The average molecular weight is 453 g/mol.